The molecule has 0 spiro atoms. The van der Waals surface area contributed by atoms with Gasteiger partial charge in [0.15, 0.2) is 6.10 Å². The minimum atomic E-state index is -1.62. The van der Waals surface area contributed by atoms with E-state index < -0.39 is 37.5 Å². The van der Waals surface area contributed by atoms with Crippen LogP contribution < -0.4 is 0 Å². The molecule has 7 heteroatoms. The Morgan fingerprint density at radius 2 is 1.11 bits per heavy atom. The van der Waals surface area contributed by atoms with E-state index in [1.165, 1.54) is 44.9 Å². The van der Waals surface area contributed by atoms with Gasteiger partial charge in [0.25, 0.3) is 0 Å². The Bertz CT molecular complexity index is 352. The number of rotatable bonds is 20. The molecule has 0 radical (unpaired) electrons. The van der Waals surface area contributed by atoms with E-state index in [4.69, 9.17) is 15.3 Å². The Kier molecular flexibility index (Phi) is 19.1. The molecule has 0 heterocycles. The third kappa shape index (κ3) is 16.2. The third-order valence-electron chi connectivity index (χ3n) is 4.89. The maximum Gasteiger partial charge on any atom is 0.337 e. The zero-order valence-electron chi connectivity index (χ0n) is 17.3. The van der Waals surface area contributed by atoms with Crippen molar-refractivity contribution in [3.8, 4) is 0 Å². The maximum atomic E-state index is 11.5. The lowest BCUT2D eigenvalue weighted by Crippen LogP contribution is -2.37. The van der Waals surface area contributed by atoms with Gasteiger partial charge in [-0.3, -0.25) is 0 Å². The Morgan fingerprint density at radius 1 is 0.679 bits per heavy atom. The Labute approximate surface area is 169 Å². The lowest BCUT2D eigenvalue weighted by molar-refractivity contribution is -0.163. The summed E-state index contributed by atoms with van der Waals surface area (Å²) >= 11 is 0. The highest BCUT2D eigenvalue weighted by Gasteiger charge is 2.25. The monoisotopic (exact) mass is 406 g/mol. The van der Waals surface area contributed by atoms with Crippen LogP contribution in [0.3, 0.4) is 0 Å². The zero-order valence-corrected chi connectivity index (χ0v) is 17.3. The molecule has 0 aromatic carbocycles. The van der Waals surface area contributed by atoms with Crippen LogP contribution in [0.4, 0.5) is 0 Å². The van der Waals surface area contributed by atoms with Crippen molar-refractivity contribution in [1.82, 2.24) is 0 Å². The third-order valence-corrected chi connectivity index (χ3v) is 4.89. The minimum Gasteiger partial charge on any atom is -0.461 e. The molecular weight excluding hydrogens is 364 g/mol. The highest BCUT2D eigenvalue weighted by atomic mass is 16.6. The molecule has 0 aliphatic carbocycles. The molecule has 5 N–H and O–H groups in total. The molecular formula is C21H42O7. The van der Waals surface area contributed by atoms with Crippen LogP contribution in [0.25, 0.3) is 0 Å². The summed E-state index contributed by atoms with van der Waals surface area (Å²) in [5.74, 6) is -0.978. The summed E-state index contributed by atoms with van der Waals surface area (Å²) in [7, 11) is 0. The van der Waals surface area contributed by atoms with Gasteiger partial charge in [-0.05, 0) is 12.8 Å². The average molecular weight is 407 g/mol. The van der Waals surface area contributed by atoms with Crippen molar-refractivity contribution in [3.63, 3.8) is 0 Å². The normalized spacial score (nSPS) is 14.6. The van der Waals surface area contributed by atoms with Crippen molar-refractivity contribution in [3.05, 3.63) is 0 Å². The van der Waals surface area contributed by atoms with Crippen LogP contribution >= 0.6 is 0 Å². The first-order chi connectivity index (χ1) is 13.5. The largest absolute Gasteiger partial charge is 0.461 e. The lowest BCUT2D eigenvalue weighted by atomic mass is 10.0. The van der Waals surface area contributed by atoms with Crippen LogP contribution in [0.15, 0.2) is 0 Å². The topological polar surface area (TPSA) is 127 Å². The summed E-state index contributed by atoms with van der Waals surface area (Å²) < 4.78 is 4.63. The van der Waals surface area contributed by atoms with Crippen molar-refractivity contribution in [1.29, 1.82) is 0 Å². The van der Waals surface area contributed by atoms with Crippen LogP contribution in [-0.2, 0) is 9.53 Å². The molecule has 168 valence electrons. The summed E-state index contributed by atoms with van der Waals surface area (Å²) in [6.07, 6.45) is 11.2. The Balaban J connectivity index is 3.44. The number of ether oxygens (including phenoxy) is 1. The molecule has 0 aromatic rings. The van der Waals surface area contributed by atoms with Gasteiger partial charge in [0.2, 0.25) is 0 Å². The molecule has 7 nitrogen and oxygen atoms in total. The number of unbranched alkanes of at least 4 members (excludes halogenated alkanes) is 12. The van der Waals surface area contributed by atoms with Gasteiger partial charge in [-0.2, -0.15) is 0 Å². The van der Waals surface area contributed by atoms with Gasteiger partial charge in [-0.1, -0.05) is 77.0 Å². The predicted molar refractivity (Wildman–Crippen MR) is 108 cm³/mol. The molecule has 0 rings (SSSR count). The molecule has 0 aliphatic heterocycles. The SMILES string of the molecule is O=C(OCC(O)CO)C(O)C(O)CCCCCCCCCCCCCCCO. The van der Waals surface area contributed by atoms with Crippen molar-refractivity contribution < 1.29 is 35.1 Å². The molecule has 3 atom stereocenters. The standard InChI is InChI=1S/C21H42O7/c22-15-13-11-9-7-5-3-1-2-4-6-8-10-12-14-19(25)20(26)21(27)28-17-18(24)16-23/h18-20,22-26H,1-17H2. The van der Waals surface area contributed by atoms with Crippen molar-refractivity contribution >= 4 is 5.97 Å². The number of esters is 1. The van der Waals surface area contributed by atoms with E-state index in [-0.39, 0.29) is 0 Å². The fourth-order valence-electron chi connectivity index (χ4n) is 3.04. The highest BCUT2D eigenvalue weighted by molar-refractivity contribution is 5.75. The second-order valence-corrected chi connectivity index (χ2v) is 7.59. The molecule has 28 heavy (non-hydrogen) atoms. The summed E-state index contributed by atoms with van der Waals surface area (Å²) in [6, 6.07) is 0. The van der Waals surface area contributed by atoms with Crippen LogP contribution in [0.1, 0.15) is 89.9 Å². The molecule has 3 unspecified atom stereocenters. The summed E-state index contributed by atoms with van der Waals surface area (Å²) in [5, 5.41) is 45.9. The number of aliphatic hydroxyl groups excluding tert-OH is 5. The van der Waals surface area contributed by atoms with Gasteiger partial charge < -0.3 is 30.3 Å². The molecule has 0 saturated carbocycles. The molecule has 0 saturated heterocycles. The zero-order chi connectivity index (χ0) is 21.0. The van der Waals surface area contributed by atoms with E-state index in [1.54, 1.807) is 0 Å². The molecule has 0 aliphatic rings. The van der Waals surface area contributed by atoms with Gasteiger partial charge in [-0.25, -0.2) is 4.79 Å². The van der Waals surface area contributed by atoms with Crippen LogP contribution in [-0.4, -0.2) is 69.6 Å². The van der Waals surface area contributed by atoms with Gasteiger partial charge >= 0.3 is 5.97 Å². The molecule has 0 amide bonds. The van der Waals surface area contributed by atoms with E-state index in [1.807, 2.05) is 0 Å². The second kappa shape index (κ2) is 19.6. The predicted octanol–water partition coefficient (Wildman–Crippen LogP) is 2.06. The minimum absolute atomic E-state index is 0.308. The van der Waals surface area contributed by atoms with Gasteiger partial charge in [-0.15, -0.1) is 0 Å². The Hall–Kier alpha value is -0.730. The number of carbonyl (C=O) groups excluding carboxylic acids is 1. The molecule has 0 fully saturated rings. The van der Waals surface area contributed by atoms with Gasteiger partial charge in [0, 0.05) is 6.61 Å². The Morgan fingerprint density at radius 3 is 1.54 bits per heavy atom. The first-order valence-electron chi connectivity index (χ1n) is 11.0. The quantitative estimate of drug-likeness (QED) is 0.155. The number of carbonyl (C=O) groups is 1. The van der Waals surface area contributed by atoms with Gasteiger partial charge in [0.05, 0.1) is 12.7 Å². The van der Waals surface area contributed by atoms with Crippen molar-refractivity contribution in [2.24, 2.45) is 0 Å². The fraction of sp³-hybridized carbons (Fsp3) is 0.952. The van der Waals surface area contributed by atoms with Crippen LogP contribution in [0.5, 0.6) is 0 Å². The van der Waals surface area contributed by atoms with E-state index in [0.29, 0.717) is 13.0 Å². The second-order valence-electron chi connectivity index (χ2n) is 7.59. The van der Waals surface area contributed by atoms with E-state index in [2.05, 4.69) is 4.74 Å². The first kappa shape index (κ1) is 27.3. The molecule has 0 aromatic heterocycles. The van der Waals surface area contributed by atoms with E-state index in [9.17, 15) is 15.0 Å². The maximum absolute atomic E-state index is 11.5. The fourth-order valence-corrected chi connectivity index (χ4v) is 3.04. The number of hydrogen-bond donors (Lipinski definition) is 5. The summed E-state index contributed by atoms with van der Waals surface area (Å²) in [6.45, 7) is -0.622. The summed E-state index contributed by atoms with van der Waals surface area (Å²) in [5.41, 5.74) is 0. The van der Waals surface area contributed by atoms with E-state index in [0.717, 1.165) is 38.5 Å². The van der Waals surface area contributed by atoms with Crippen molar-refractivity contribution in [2.75, 3.05) is 19.8 Å². The summed E-state index contributed by atoms with van der Waals surface area (Å²) in [4.78, 5) is 11.5. The average Bonchev–Trinajstić information content (AvgIpc) is 2.71. The van der Waals surface area contributed by atoms with Crippen LogP contribution in [0, 0.1) is 0 Å². The first-order valence-corrected chi connectivity index (χ1v) is 11.0. The van der Waals surface area contributed by atoms with Gasteiger partial charge in [0.1, 0.15) is 12.7 Å². The van der Waals surface area contributed by atoms with Crippen molar-refractivity contribution in [2.45, 2.75) is 108 Å². The molecule has 0 bridgehead atoms. The smallest absolute Gasteiger partial charge is 0.337 e. The number of hydrogen-bond acceptors (Lipinski definition) is 7. The van der Waals surface area contributed by atoms with E-state index >= 15 is 0 Å². The lowest BCUT2D eigenvalue weighted by Gasteiger charge is -2.17. The van der Waals surface area contributed by atoms with Crippen LogP contribution in [0.2, 0.25) is 0 Å². The number of aliphatic hydroxyl groups is 5. The highest BCUT2D eigenvalue weighted by Crippen LogP contribution is 2.14.